The van der Waals surface area contributed by atoms with Gasteiger partial charge in [-0.2, -0.15) is 0 Å². The number of fused-ring (bicyclic) bond motifs is 4. The predicted octanol–water partition coefficient (Wildman–Crippen LogP) is 4.89. The number of thiocarbonyl (C=S) groups is 1. The molecule has 24 heavy (non-hydrogen) atoms. The van der Waals surface area contributed by atoms with Crippen LogP contribution in [0, 0.1) is 13.8 Å². The molecule has 3 nitrogen and oxygen atoms in total. The molecule has 0 spiro atoms. The largest absolute Gasteiger partial charge is 0.467 e. The van der Waals surface area contributed by atoms with E-state index in [1.807, 2.05) is 18.2 Å². The highest BCUT2D eigenvalue weighted by Gasteiger charge is 2.48. The molecule has 2 bridgehead atoms. The number of hydrogen-bond donors (Lipinski definition) is 1. The van der Waals surface area contributed by atoms with Crippen molar-refractivity contribution in [3.05, 3.63) is 58.1 Å². The van der Waals surface area contributed by atoms with E-state index in [9.17, 15) is 0 Å². The lowest BCUT2D eigenvalue weighted by atomic mass is 9.90. The van der Waals surface area contributed by atoms with Gasteiger partial charge >= 0.3 is 0 Å². The van der Waals surface area contributed by atoms with Crippen LogP contribution in [0.15, 0.2) is 36.4 Å². The summed E-state index contributed by atoms with van der Waals surface area (Å²) < 4.78 is 6.39. The SMILES string of the molecule is Cc1ccc(N2C(=S)N[C@H]3C[C@@]2(C)Oc2ccc(Cl)cc23)cc1C. The quantitative estimate of drug-likeness (QED) is 0.733. The molecule has 4 rings (SSSR count). The van der Waals surface area contributed by atoms with Crippen molar-refractivity contribution >= 4 is 34.6 Å². The lowest BCUT2D eigenvalue weighted by Crippen LogP contribution is -2.65. The molecule has 2 atom stereocenters. The Hall–Kier alpha value is -1.78. The second kappa shape index (κ2) is 5.36. The van der Waals surface area contributed by atoms with Crippen LogP contribution in [-0.2, 0) is 0 Å². The van der Waals surface area contributed by atoms with Gasteiger partial charge in [-0.25, -0.2) is 0 Å². The Morgan fingerprint density at radius 1 is 1.21 bits per heavy atom. The maximum atomic E-state index is 6.39. The number of hydrogen-bond acceptors (Lipinski definition) is 2. The normalized spacial score (nSPS) is 24.9. The maximum absolute atomic E-state index is 6.39. The standard InChI is InChI=1S/C19H19ClN2OS/c1-11-4-6-14(8-12(11)2)22-18(24)21-16-10-19(22,3)23-17-7-5-13(20)9-15(16)17/h4-9,16H,10H2,1-3H3,(H,21,24)/t16-,19+/m0/s1. The monoisotopic (exact) mass is 358 g/mol. The minimum absolute atomic E-state index is 0.118. The lowest BCUT2D eigenvalue weighted by molar-refractivity contribution is 0.0498. The molecule has 0 amide bonds. The van der Waals surface area contributed by atoms with Gasteiger partial charge in [-0.3, -0.25) is 4.90 Å². The van der Waals surface area contributed by atoms with Crippen molar-refractivity contribution in [1.29, 1.82) is 0 Å². The van der Waals surface area contributed by atoms with Crippen molar-refractivity contribution in [3.8, 4) is 5.75 Å². The van der Waals surface area contributed by atoms with Crippen LogP contribution in [0.3, 0.4) is 0 Å². The molecule has 0 saturated carbocycles. The van der Waals surface area contributed by atoms with Gasteiger partial charge in [0.1, 0.15) is 5.75 Å². The van der Waals surface area contributed by atoms with Crippen molar-refractivity contribution in [3.63, 3.8) is 0 Å². The van der Waals surface area contributed by atoms with Gasteiger partial charge in [0.2, 0.25) is 0 Å². The van der Waals surface area contributed by atoms with Crippen molar-refractivity contribution in [2.45, 2.75) is 39.0 Å². The molecule has 2 aliphatic rings. The topological polar surface area (TPSA) is 24.5 Å². The zero-order chi connectivity index (χ0) is 17.1. The van der Waals surface area contributed by atoms with Crippen LogP contribution in [0.2, 0.25) is 5.02 Å². The van der Waals surface area contributed by atoms with E-state index >= 15 is 0 Å². The van der Waals surface area contributed by atoms with Gasteiger partial charge in [-0.1, -0.05) is 17.7 Å². The number of anilines is 1. The van der Waals surface area contributed by atoms with Crippen LogP contribution in [-0.4, -0.2) is 10.8 Å². The maximum Gasteiger partial charge on any atom is 0.188 e. The smallest absolute Gasteiger partial charge is 0.188 e. The Kier molecular flexibility index (Phi) is 3.52. The van der Waals surface area contributed by atoms with Crippen molar-refractivity contribution < 1.29 is 4.74 Å². The van der Waals surface area contributed by atoms with E-state index in [2.05, 4.69) is 49.2 Å². The van der Waals surface area contributed by atoms with E-state index < -0.39 is 5.72 Å². The highest BCUT2D eigenvalue weighted by atomic mass is 35.5. The van der Waals surface area contributed by atoms with Gasteiger partial charge < -0.3 is 10.1 Å². The molecule has 0 radical (unpaired) electrons. The summed E-state index contributed by atoms with van der Waals surface area (Å²) >= 11 is 11.8. The fraction of sp³-hybridized carbons (Fsp3) is 0.316. The highest BCUT2D eigenvalue weighted by molar-refractivity contribution is 7.80. The average Bonchev–Trinajstić information content (AvgIpc) is 2.51. The second-order valence-electron chi connectivity index (χ2n) is 6.77. The first-order valence-corrected chi connectivity index (χ1v) is 8.82. The summed E-state index contributed by atoms with van der Waals surface area (Å²) in [7, 11) is 0. The zero-order valence-electron chi connectivity index (χ0n) is 13.9. The molecular weight excluding hydrogens is 340 g/mol. The highest BCUT2D eigenvalue weighted by Crippen LogP contribution is 2.46. The number of nitrogens with zero attached hydrogens (tertiary/aromatic N) is 1. The van der Waals surface area contributed by atoms with E-state index in [0.717, 1.165) is 23.4 Å². The first kappa shape index (κ1) is 15.7. The summed E-state index contributed by atoms with van der Waals surface area (Å²) in [6, 6.07) is 12.3. The molecule has 0 aromatic heterocycles. The Labute approximate surface area is 152 Å². The predicted molar refractivity (Wildman–Crippen MR) is 102 cm³/mol. The third kappa shape index (κ3) is 2.36. The number of nitrogens with one attached hydrogen (secondary N) is 1. The van der Waals surface area contributed by atoms with Gasteiger partial charge in [0, 0.05) is 22.7 Å². The van der Waals surface area contributed by atoms with Crippen LogP contribution in [0.25, 0.3) is 0 Å². The molecule has 1 saturated heterocycles. The minimum atomic E-state index is -0.518. The van der Waals surface area contributed by atoms with Gasteiger partial charge in [0.15, 0.2) is 10.8 Å². The van der Waals surface area contributed by atoms with Gasteiger partial charge in [0.05, 0.1) is 6.04 Å². The lowest BCUT2D eigenvalue weighted by Gasteiger charge is -2.52. The fourth-order valence-corrected chi connectivity index (χ4v) is 4.22. The van der Waals surface area contributed by atoms with Crippen LogP contribution >= 0.6 is 23.8 Å². The summed E-state index contributed by atoms with van der Waals surface area (Å²) in [4.78, 5) is 2.09. The average molecular weight is 359 g/mol. The fourth-order valence-electron chi connectivity index (χ4n) is 3.60. The van der Waals surface area contributed by atoms with Crippen molar-refractivity contribution in [2.75, 3.05) is 4.90 Å². The Morgan fingerprint density at radius 3 is 2.75 bits per heavy atom. The van der Waals surface area contributed by atoms with Gasteiger partial charge in [-0.15, -0.1) is 0 Å². The van der Waals surface area contributed by atoms with Gasteiger partial charge in [0.25, 0.3) is 0 Å². The van der Waals surface area contributed by atoms with E-state index in [1.54, 1.807) is 0 Å². The molecule has 0 unspecified atom stereocenters. The summed E-state index contributed by atoms with van der Waals surface area (Å²) in [5, 5.41) is 4.85. The van der Waals surface area contributed by atoms with Crippen LogP contribution in [0.1, 0.15) is 36.1 Å². The van der Waals surface area contributed by atoms with Crippen molar-refractivity contribution in [2.24, 2.45) is 0 Å². The number of ether oxygens (including phenoxy) is 1. The molecule has 5 heteroatoms. The van der Waals surface area contributed by atoms with E-state index in [1.165, 1.54) is 11.1 Å². The number of aryl methyl sites for hydroxylation is 2. The summed E-state index contributed by atoms with van der Waals surface area (Å²) in [5.74, 6) is 0.863. The van der Waals surface area contributed by atoms with Crippen LogP contribution in [0.5, 0.6) is 5.75 Å². The minimum Gasteiger partial charge on any atom is -0.467 e. The first-order chi connectivity index (χ1) is 11.4. The summed E-state index contributed by atoms with van der Waals surface area (Å²) in [6.07, 6.45) is 0.799. The molecule has 2 aromatic rings. The van der Waals surface area contributed by atoms with Crippen LogP contribution in [0.4, 0.5) is 5.69 Å². The molecule has 2 aromatic carbocycles. The third-order valence-electron chi connectivity index (χ3n) is 4.98. The second-order valence-corrected chi connectivity index (χ2v) is 7.59. The number of rotatable bonds is 1. The third-order valence-corrected chi connectivity index (χ3v) is 5.52. The van der Waals surface area contributed by atoms with Crippen molar-refractivity contribution in [1.82, 2.24) is 5.32 Å². The molecule has 1 N–H and O–H groups in total. The molecule has 0 aliphatic carbocycles. The number of halogens is 1. The van der Waals surface area contributed by atoms with Crippen LogP contribution < -0.4 is 15.0 Å². The Balaban J connectivity index is 1.80. The summed E-state index contributed by atoms with van der Waals surface area (Å²) in [5.41, 5.74) is 4.11. The Morgan fingerprint density at radius 2 is 2.00 bits per heavy atom. The Bertz CT molecular complexity index is 853. The van der Waals surface area contributed by atoms with E-state index in [0.29, 0.717) is 10.1 Å². The first-order valence-electron chi connectivity index (χ1n) is 8.04. The van der Waals surface area contributed by atoms with E-state index in [4.69, 9.17) is 28.6 Å². The summed E-state index contributed by atoms with van der Waals surface area (Å²) in [6.45, 7) is 6.32. The molecule has 2 heterocycles. The van der Waals surface area contributed by atoms with E-state index in [-0.39, 0.29) is 6.04 Å². The molecule has 2 aliphatic heterocycles. The molecule has 124 valence electrons. The number of benzene rings is 2. The molecule has 1 fully saturated rings. The molecular formula is C19H19ClN2OS. The zero-order valence-corrected chi connectivity index (χ0v) is 15.5. The van der Waals surface area contributed by atoms with Gasteiger partial charge in [-0.05, 0) is 74.4 Å².